The van der Waals surface area contributed by atoms with Crippen LogP contribution >= 0.6 is 0 Å². The molecule has 0 bridgehead atoms. The summed E-state index contributed by atoms with van der Waals surface area (Å²) in [5, 5.41) is 0. The van der Waals surface area contributed by atoms with Gasteiger partial charge in [0.1, 0.15) is 5.78 Å². The molecule has 1 saturated heterocycles. The lowest BCUT2D eigenvalue weighted by Crippen LogP contribution is -2.39. The molecule has 7 nitrogen and oxygen atoms in total. The summed E-state index contributed by atoms with van der Waals surface area (Å²) < 4.78 is 11.1. The molecule has 0 aliphatic carbocycles. The molecule has 0 spiro atoms. The van der Waals surface area contributed by atoms with Crippen LogP contribution in [0.1, 0.15) is 33.1 Å². The van der Waals surface area contributed by atoms with Crippen LogP contribution in [0.15, 0.2) is 24.3 Å². The molecule has 7 heteroatoms. The normalized spacial score (nSPS) is 14.4. The summed E-state index contributed by atoms with van der Waals surface area (Å²) >= 11 is 0. The number of carbonyl (C=O) groups is 3. The van der Waals surface area contributed by atoms with Gasteiger partial charge in [-0.05, 0) is 32.4 Å². The van der Waals surface area contributed by atoms with Gasteiger partial charge in [0.05, 0.1) is 6.61 Å². The van der Waals surface area contributed by atoms with Crippen LogP contribution in [-0.4, -0.2) is 66.8 Å². The highest BCUT2D eigenvalue weighted by atomic mass is 16.5. The van der Waals surface area contributed by atoms with E-state index in [4.69, 9.17) is 9.47 Å². The molecule has 2 amide bonds. The Morgan fingerprint density at radius 3 is 2.07 bits per heavy atom. The molecule has 0 aromatic heterocycles. The fourth-order valence-electron chi connectivity index (χ4n) is 2.93. The van der Waals surface area contributed by atoms with Crippen molar-refractivity contribution < 1.29 is 23.9 Å². The van der Waals surface area contributed by atoms with Gasteiger partial charge in [0, 0.05) is 39.0 Å². The van der Waals surface area contributed by atoms with Gasteiger partial charge in [0.2, 0.25) is 5.91 Å². The minimum absolute atomic E-state index is 0.0134. The Morgan fingerprint density at radius 1 is 0.889 bits per heavy atom. The van der Waals surface area contributed by atoms with E-state index in [0.717, 1.165) is 0 Å². The van der Waals surface area contributed by atoms with Gasteiger partial charge in [-0.3, -0.25) is 9.59 Å². The van der Waals surface area contributed by atoms with E-state index in [2.05, 4.69) is 0 Å². The summed E-state index contributed by atoms with van der Waals surface area (Å²) in [6, 6.07) is 7.26. The highest BCUT2D eigenvalue weighted by molar-refractivity contribution is 5.83. The highest BCUT2D eigenvalue weighted by Crippen LogP contribution is 2.26. The largest absolute Gasteiger partial charge is 0.490 e. The van der Waals surface area contributed by atoms with Crippen molar-refractivity contribution in [2.24, 2.45) is 0 Å². The van der Waals surface area contributed by atoms with Gasteiger partial charge in [0.15, 0.2) is 18.1 Å². The second kappa shape index (κ2) is 10.5. The molecule has 27 heavy (non-hydrogen) atoms. The van der Waals surface area contributed by atoms with Crippen LogP contribution < -0.4 is 9.47 Å². The SMILES string of the molecule is CCOc1ccccc1OCC(=O)N1CCCN(C(=O)CCC(C)=O)CC1. The number of nitrogens with zero attached hydrogens (tertiary/aromatic N) is 2. The summed E-state index contributed by atoms with van der Waals surface area (Å²) in [4.78, 5) is 39.2. The number of amides is 2. The minimum atomic E-state index is -0.112. The number of hydrogen-bond donors (Lipinski definition) is 0. The smallest absolute Gasteiger partial charge is 0.260 e. The highest BCUT2D eigenvalue weighted by Gasteiger charge is 2.22. The third-order valence-electron chi connectivity index (χ3n) is 4.39. The first-order valence-electron chi connectivity index (χ1n) is 9.41. The molecule has 1 aliphatic heterocycles. The summed E-state index contributed by atoms with van der Waals surface area (Å²) in [6.45, 7) is 5.98. The molecule has 0 saturated carbocycles. The fourth-order valence-corrected chi connectivity index (χ4v) is 2.93. The number of rotatable bonds is 8. The molecule has 1 aliphatic rings. The lowest BCUT2D eigenvalue weighted by Gasteiger charge is -2.22. The standard InChI is InChI=1S/C20H28N2O5/c1-3-26-17-7-4-5-8-18(17)27-15-20(25)22-12-6-11-21(13-14-22)19(24)10-9-16(2)23/h4-5,7-8H,3,6,9-15H2,1-2H3. The first kappa shape index (κ1) is 20.7. The van der Waals surface area contributed by atoms with Gasteiger partial charge in [-0.1, -0.05) is 12.1 Å². The molecule has 0 atom stereocenters. The van der Waals surface area contributed by atoms with E-state index in [9.17, 15) is 14.4 Å². The van der Waals surface area contributed by atoms with Crippen molar-refractivity contribution >= 4 is 17.6 Å². The third kappa shape index (κ3) is 6.58. The van der Waals surface area contributed by atoms with Crippen molar-refractivity contribution in [1.82, 2.24) is 9.80 Å². The zero-order chi connectivity index (χ0) is 19.6. The van der Waals surface area contributed by atoms with E-state index < -0.39 is 0 Å². The van der Waals surface area contributed by atoms with Crippen LogP contribution in [0.4, 0.5) is 0 Å². The van der Waals surface area contributed by atoms with E-state index in [1.165, 1.54) is 6.92 Å². The lowest BCUT2D eigenvalue weighted by atomic mass is 10.2. The van der Waals surface area contributed by atoms with Crippen LogP contribution in [0.3, 0.4) is 0 Å². The monoisotopic (exact) mass is 376 g/mol. The zero-order valence-electron chi connectivity index (χ0n) is 16.1. The number of Topliss-reactive ketones (excluding diaryl/α,β-unsaturated/α-hetero) is 1. The molecule has 0 N–H and O–H groups in total. The fraction of sp³-hybridized carbons (Fsp3) is 0.550. The van der Waals surface area contributed by atoms with Crippen LogP contribution in [0.2, 0.25) is 0 Å². The predicted molar refractivity (Wildman–Crippen MR) is 101 cm³/mol. The molecule has 1 aromatic carbocycles. The van der Waals surface area contributed by atoms with Gasteiger partial charge < -0.3 is 24.1 Å². The van der Waals surface area contributed by atoms with Crippen LogP contribution in [0, 0.1) is 0 Å². The Hall–Kier alpha value is -2.57. The summed E-state index contributed by atoms with van der Waals surface area (Å²) in [7, 11) is 0. The first-order valence-corrected chi connectivity index (χ1v) is 9.41. The minimum Gasteiger partial charge on any atom is -0.490 e. The molecule has 2 rings (SSSR count). The Bertz CT molecular complexity index is 662. The summed E-state index contributed by atoms with van der Waals surface area (Å²) in [5.41, 5.74) is 0. The van der Waals surface area contributed by atoms with Crippen LogP contribution in [0.5, 0.6) is 11.5 Å². The predicted octanol–water partition coefficient (Wildman–Crippen LogP) is 1.89. The van der Waals surface area contributed by atoms with Gasteiger partial charge in [0.25, 0.3) is 5.91 Å². The van der Waals surface area contributed by atoms with Gasteiger partial charge >= 0.3 is 0 Å². The van der Waals surface area contributed by atoms with E-state index in [-0.39, 0.29) is 37.0 Å². The van der Waals surface area contributed by atoms with Crippen LogP contribution in [0.25, 0.3) is 0 Å². The Balaban J connectivity index is 1.84. The molecule has 148 valence electrons. The van der Waals surface area contributed by atoms with Crippen molar-refractivity contribution in [3.8, 4) is 11.5 Å². The van der Waals surface area contributed by atoms with E-state index >= 15 is 0 Å². The van der Waals surface area contributed by atoms with Gasteiger partial charge in [-0.2, -0.15) is 0 Å². The summed E-state index contributed by atoms with van der Waals surface area (Å²) in [5.74, 6) is 1.04. The van der Waals surface area contributed by atoms with Crippen molar-refractivity contribution in [1.29, 1.82) is 0 Å². The Morgan fingerprint density at radius 2 is 1.48 bits per heavy atom. The number of benzene rings is 1. The van der Waals surface area contributed by atoms with E-state index in [1.54, 1.807) is 21.9 Å². The molecule has 0 radical (unpaired) electrons. The number of ketones is 1. The van der Waals surface area contributed by atoms with Gasteiger partial charge in [-0.15, -0.1) is 0 Å². The number of ether oxygens (including phenoxy) is 2. The quantitative estimate of drug-likeness (QED) is 0.693. The Labute approximate surface area is 160 Å². The molecular formula is C20H28N2O5. The second-order valence-corrected chi connectivity index (χ2v) is 6.49. The Kier molecular flexibility index (Phi) is 8.10. The molecule has 1 fully saturated rings. The van der Waals surface area contributed by atoms with E-state index in [1.807, 2.05) is 19.1 Å². The molecule has 0 unspecified atom stereocenters. The molecule has 1 heterocycles. The average molecular weight is 376 g/mol. The van der Waals surface area contributed by atoms with Crippen molar-refractivity contribution in [3.63, 3.8) is 0 Å². The number of para-hydroxylation sites is 2. The van der Waals surface area contributed by atoms with Crippen molar-refractivity contribution in [2.45, 2.75) is 33.1 Å². The van der Waals surface area contributed by atoms with Crippen LogP contribution in [-0.2, 0) is 14.4 Å². The van der Waals surface area contributed by atoms with Crippen molar-refractivity contribution in [2.75, 3.05) is 39.4 Å². The maximum absolute atomic E-state index is 12.5. The topological polar surface area (TPSA) is 76.2 Å². The lowest BCUT2D eigenvalue weighted by molar-refractivity contribution is -0.135. The second-order valence-electron chi connectivity index (χ2n) is 6.49. The summed E-state index contributed by atoms with van der Waals surface area (Å²) in [6.07, 6.45) is 1.22. The average Bonchev–Trinajstić information content (AvgIpc) is 2.91. The van der Waals surface area contributed by atoms with E-state index in [0.29, 0.717) is 50.7 Å². The number of carbonyl (C=O) groups excluding carboxylic acids is 3. The number of hydrogen-bond acceptors (Lipinski definition) is 5. The van der Waals surface area contributed by atoms with Crippen molar-refractivity contribution in [3.05, 3.63) is 24.3 Å². The first-order chi connectivity index (χ1) is 13.0. The molecule has 1 aromatic rings. The zero-order valence-corrected chi connectivity index (χ0v) is 16.1. The maximum Gasteiger partial charge on any atom is 0.260 e. The van der Waals surface area contributed by atoms with Gasteiger partial charge in [-0.25, -0.2) is 0 Å². The maximum atomic E-state index is 12.5. The molecular weight excluding hydrogens is 348 g/mol. The third-order valence-corrected chi connectivity index (χ3v) is 4.39.